The van der Waals surface area contributed by atoms with E-state index in [1.54, 1.807) is 0 Å². The molecule has 1 aromatic rings. The third-order valence-corrected chi connectivity index (χ3v) is 5.34. The van der Waals surface area contributed by atoms with Gasteiger partial charge in [0, 0.05) is 4.88 Å². The topological polar surface area (TPSA) is 79.4 Å². The summed E-state index contributed by atoms with van der Waals surface area (Å²) in [5.41, 5.74) is 0.796. The van der Waals surface area contributed by atoms with Crippen LogP contribution in [0.25, 0.3) is 0 Å². The minimum Gasteiger partial charge on any atom is -0.277 e. The van der Waals surface area contributed by atoms with Crippen LogP contribution in [-0.4, -0.2) is 22.8 Å². The second kappa shape index (κ2) is 5.22. The van der Waals surface area contributed by atoms with Crippen molar-refractivity contribution in [2.45, 2.75) is 39.5 Å². The van der Waals surface area contributed by atoms with Gasteiger partial charge in [0.05, 0.1) is 5.69 Å². The first kappa shape index (κ1) is 14.2. The summed E-state index contributed by atoms with van der Waals surface area (Å²) in [5.74, 6) is -1.60. The number of aryl methyl sites for hydroxylation is 2. The Morgan fingerprint density at radius 1 is 1.19 bits per heavy atom. The number of carbonyl (C=O) groups excluding carboxylic acids is 3. The quantitative estimate of drug-likeness (QED) is 0.849. The highest BCUT2D eigenvalue weighted by molar-refractivity contribution is 7.16. The molecule has 112 valence electrons. The van der Waals surface area contributed by atoms with E-state index in [1.165, 1.54) is 11.3 Å². The molecule has 2 heterocycles. The Morgan fingerprint density at radius 2 is 1.86 bits per heavy atom. The van der Waals surface area contributed by atoms with E-state index in [0.29, 0.717) is 5.13 Å². The van der Waals surface area contributed by atoms with Crippen molar-refractivity contribution in [3.05, 3.63) is 10.6 Å². The van der Waals surface area contributed by atoms with E-state index in [-0.39, 0.29) is 5.92 Å². The van der Waals surface area contributed by atoms with Gasteiger partial charge in [0.1, 0.15) is 5.92 Å². The van der Waals surface area contributed by atoms with Gasteiger partial charge in [0.2, 0.25) is 16.9 Å². The Hall–Kier alpha value is -1.76. The average molecular weight is 307 g/mol. The second-order valence-electron chi connectivity index (χ2n) is 5.63. The van der Waals surface area contributed by atoms with Crippen molar-refractivity contribution in [3.8, 4) is 0 Å². The minimum atomic E-state index is -0.755. The van der Waals surface area contributed by atoms with Crippen LogP contribution in [0.15, 0.2) is 0 Å². The second-order valence-corrected chi connectivity index (χ2v) is 6.81. The van der Waals surface area contributed by atoms with Gasteiger partial charge in [0.15, 0.2) is 0 Å². The molecular formula is C14H17N3O3S. The van der Waals surface area contributed by atoms with Crippen LogP contribution in [0.5, 0.6) is 0 Å². The van der Waals surface area contributed by atoms with Crippen molar-refractivity contribution < 1.29 is 14.4 Å². The third kappa shape index (κ3) is 2.35. The number of anilines is 1. The molecule has 1 atom stereocenters. The molecule has 4 amide bonds. The van der Waals surface area contributed by atoms with Crippen LogP contribution in [-0.2, 0) is 9.59 Å². The molecule has 6 nitrogen and oxygen atoms in total. The number of urea groups is 1. The van der Waals surface area contributed by atoms with Crippen molar-refractivity contribution in [1.29, 1.82) is 0 Å². The van der Waals surface area contributed by atoms with Crippen molar-refractivity contribution in [2.24, 2.45) is 11.8 Å². The van der Waals surface area contributed by atoms with Crippen LogP contribution in [0.3, 0.4) is 0 Å². The van der Waals surface area contributed by atoms with Crippen LogP contribution in [0.4, 0.5) is 9.93 Å². The minimum absolute atomic E-state index is 0.0373. The molecule has 1 aromatic heterocycles. The Morgan fingerprint density at radius 3 is 2.43 bits per heavy atom. The summed E-state index contributed by atoms with van der Waals surface area (Å²) in [6.45, 7) is 3.73. The van der Waals surface area contributed by atoms with Crippen molar-refractivity contribution >= 4 is 34.3 Å². The van der Waals surface area contributed by atoms with E-state index in [9.17, 15) is 14.4 Å². The van der Waals surface area contributed by atoms with E-state index < -0.39 is 23.8 Å². The number of aromatic nitrogens is 1. The molecule has 0 bridgehead atoms. The lowest BCUT2D eigenvalue weighted by atomic mass is 9.88. The van der Waals surface area contributed by atoms with E-state index in [2.05, 4.69) is 10.3 Å². The predicted molar refractivity (Wildman–Crippen MR) is 78.1 cm³/mol. The molecule has 0 spiro atoms. The Balaban J connectivity index is 1.94. The molecule has 0 radical (unpaired) electrons. The number of hydrogen-bond acceptors (Lipinski definition) is 5. The van der Waals surface area contributed by atoms with E-state index in [1.807, 2.05) is 13.8 Å². The maximum atomic E-state index is 12.7. The Kier molecular flexibility index (Phi) is 3.52. The molecule has 7 heteroatoms. The first-order chi connectivity index (χ1) is 9.99. The van der Waals surface area contributed by atoms with Crippen LogP contribution in [0, 0.1) is 25.7 Å². The summed E-state index contributed by atoms with van der Waals surface area (Å²) in [4.78, 5) is 43.0. The fourth-order valence-electron chi connectivity index (χ4n) is 3.03. The highest BCUT2D eigenvalue weighted by atomic mass is 32.1. The Labute approximate surface area is 126 Å². The number of nitrogens with one attached hydrogen (secondary N) is 1. The van der Waals surface area contributed by atoms with Gasteiger partial charge in [-0.3, -0.25) is 14.9 Å². The molecule has 1 aliphatic carbocycles. The number of barbiturate groups is 1. The summed E-state index contributed by atoms with van der Waals surface area (Å²) in [5, 5.41) is 2.66. The molecular weight excluding hydrogens is 290 g/mol. The lowest BCUT2D eigenvalue weighted by Gasteiger charge is -2.31. The number of rotatable bonds is 2. The first-order valence-corrected chi connectivity index (χ1v) is 7.93. The van der Waals surface area contributed by atoms with Crippen LogP contribution in [0.1, 0.15) is 36.3 Å². The van der Waals surface area contributed by atoms with Crippen molar-refractivity contribution in [2.75, 3.05) is 4.90 Å². The average Bonchev–Trinajstić information content (AvgIpc) is 3.01. The highest BCUT2D eigenvalue weighted by Gasteiger charge is 2.46. The Bertz CT molecular complexity index is 599. The van der Waals surface area contributed by atoms with Gasteiger partial charge in [-0.05, 0) is 32.6 Å². The molecule has 3 rings (SSSR count). The van der Waals surface area contributed by atoms with E-state index >= 15 is 0 Å². The molecule has 0 aromatic carbocycles. The largest absolute Gasteiger partial charge is 0.337 e. The van der Waals surface area contributed by atoms with Gasteiger partial charge in [-0.2, -0.15) is 0 Å². The number of carbonyl (C=O) groups is 3. The monoisotopic (exact) mass is 307 g/mol. The zero-order valence-corrected chi connectivity index (χ0v) is 12.8. The van der Waals surface area contributed by atoms with Crippen molar-refractivity contribution in [1.82, 2.24) is 10.3 Å². The zero-order valence-electron chi connectivity index (χ0n) is 12.0. The van der Waals surface area contributed by atoms with Gasteiger partial charge in [0.25, 0.3) is 0 Å². The molecule has 1 unspecified atom stereocenters. The lowest BCUT2D eigenvalue weighted by molar-refractivity contribution is -0.136. The van der Waals surface area contributed by atoms with Crippen LogP contribution in [0.2, 0.25) is 0 Å². The predicted octanol–water partition coefficient (Wildman–Crippen LogP) is 2.15. The summed E-state index contributed by atoms with van der Waals surface area (Å²) in [7, 11) is 0. The SMILES string of the molecule is Cc1nc(N2C(=O)NC(=O)C(C3CCCC3)C2=O)sc1C. The fourth-order valence-corrected chi connectivity index (χ4v) is 3.94. The molecule has 2 aliphatic rings. The molecule has 1 saturated heterocycles. The van der Waals surface area contributed by atoms with Crippen LogP contribution < -0.4 is 10.2 Å². The third-order valence-electron chi connectivity index (χ3n) is 4.28. The van der Waals surface area contributed by atoms with Gasteiger partial charge in [-0.15, -0.1) is 11.3 Å². The summed E-state index contributed by atoms with van der Waals surface area (Å²) < 4.78 is 0. The number of hydrogen-bond donors (Lipinski definition) is 1. The van der Waals surface area contributed by atoms with E-state index in [4.69, 9.17) is 0 Å². The summed E-state index contributed by atoms with van der Waals surface area (Å²) >= 11 is 1.30. The smallest absolute Gasteiger partial charge is 0.277 e. The molecule has 1 N–H and O–H groups in total. The maximum Gasteiger partial charge on any atom is 0.337 e. The summed E-state index contributed by atoms with van der Waals surface area (Å²) in [6, 6.07) is -0.687. The molecule has 2 fully saturated rings. The maximum absolute atomic E-state index is 12.7. The lowest BCUT2D eigenvalue weighted by Crippen LogP contribution is -2.59. The van der Waals surface area contributed by atoms with E-state index in [0.717, 1.165) is 41.2 Å². The number of imide groups is 2. The summed E-state index contributed by atoms with van der Waals surface area (Å²) in [6.07, 6.45) is 3.79. The standard InChI is InChI=1S/C14H17N3O3S/c1-7-8(2)21-14(15-7)17-12(19)10(9-5-3-4-6-9)11(18)16-13(17)20/h9-10H,3-6H2,1-2H3,(H,16,18,20). The normalized spacial score (nSPS) is 23.8. The van der Waals surface area contributed by atoms with Gasteiger partial charge < -0.3 is 0 Å². The van der Waals surface area contributed by atoms with Gasteiger partial charge in [-0.1, -0.05) is 12.8 Å². The number of thiazole rings is 1. The fraction of sp³-hybridized carbons (Fsp3) is 0.571. The molecule has 1 saturated carbocycles. The molecule has 1 aliphatic heterocycles. The zero-order chi connectivity index (χ0) is 15.1. The first-order valence-electron chi connectivity index (χ1n) is 7.12. The number of nitrogens with zero attached hydrogens (tertiary/aromatic N) is 2. The highest BCUT2D eigenvalue weighted by Crippen LogP contribution is 2.36. The van der Waals surface area contributed by atoms with Crippen LogP contribution >= 0.6 is 11.3 Å². The van der Waals surface area contributed by atoms with Gasteiger partial charge in [-0.25, -0.2) is 14.7 Å². The molecule has 21 heavy (non-hydrogen) atoms. The van der Waals surface area contributed by atoms with Gasteiger partial charge >= 0.3 is 6.03 Å². The number of amides is 4. The van der Waals surface area contributed by atoms with Crippen molar-refractivity contribution in [3.63, 3.8) is 0 Å².